The van der Waals surface area contributed by atoms with Crippen molar-refractivity contribution in [3.8, 4) is 0 Å². The standard InChI is InChI=1S/C17H25N3S2/c21-17(18-9-15-5-2-8-22-15)19-16-12-3-1-4-13(16)11-20(10-12)14-6-7-14/h2,5,8,12-14,16H,1,3-4,6-7,9-11H2,(H2,18,19,21)/t12-,13-/m0/s1. The molecule has 120 valence electrons. The first kappa shape index (κ1) is 14.9. The highest BCUT2D eigenvalue weighted by atomic mass is 32.1. The van der Waals surface area contributed by atoms with Gasteiger partial charge in [-0.25, -0.2) is 0 Å². The number of hydrogen-bond donors (Lipinski definition) is 2. The highest BCUT2D eigenvalue weighted by molar-refractivity contribution is 7.80. The van der Waals surface area contributed by atoms with Gasteiger partial charge in [0.15, 0.2) is 5.11 Å². The van der Waals surface area contributed by atoms with E-state index >= 15 is 0 Å². The molecule has 2 heterocycles. The van der Waals surface area contributed by atoms with Crippen molar-refractivity contribution < 1.29 is 0 Å². The predicted molar refractivity (Wildman–Crippen MR) is 96.1 cm³/mol. The zero-order valence-electron chi connectivity index (χ0n) is 13.0. The van der Waals surface area contributed by atoms with Crippen LogP contribution in [0.25, 0.3) is 0 Å². The van der Waals surface area contributed by atoms with Gasteiger partial charge in [-0.15, -0.1) is 11.3 Å². The van der Waals surface area contributed by atoms with Gasteiger partial charge in [0.25, 0.3) is 0 Å². The molecule has 1 aliphatic heterocycles. The SMILES string of the molecule is S=C(NCc1cccs1)NC1[C@H]2CCC[C@H]1CN(C1CC1)C2. The molecule has 2 aliphatic carbocycles. The smallest absolute Gasteiger partial charge is 0.166 e. The van der Waals surface area contributed by atoms with E-state index in [0.29, 0.717) is 6.04 Å². The van der Waals surface area contributed by atoms with Crippen LogP contribution in [-0.2, 0) is 6.54 Å². The summed E-state index contributed by atoms with van der Waals surface area (Å²) < 4.78 is 0. The molecule has 3 nitrogen and oxygen atoms in total. The summed E-state index contributed by atoms with van der Waals surface area (Å²) in [4.78, 5) is 4.10. The second-order valence-corrected chi connectivity index (χ2v) is 8.51. The van der Waals surface area contributed by atoms with Crippen LogP contribution in [0.3, 0.4) is 0 Å². The van der Waals surface area contributed by atoms with Crippen LogP contribution in [0.1, 0.15) is 37.0 Å². The minimum atomic E-state index is 0.590. The summed E-state index contributed by atoms with van der Waals surface area (Å²) in [5, 5.41) is 10.0. The van der Waals surface area contributed by atoms with Crippen molar-refractivity contribution in [2.24, 2.45) is 11.8 Å². The fourth-order valence-electron chi connectivity index (χ4n) is 4.23. The van der Waals surface area contributed by atoms with Crippen LogP contribution >= 0.6 is 23.6 Å². The molecule has 1 aromatic heterocycles. The van der Waals surface area contributed by atoms with E-state index in [-0.39, 0.29) is 0 Å². The van der Waals surface area contributed by atoms with Crippen molar-refractivity contribution in [1.29, 1.82) is 0 Å². The summed E-state index contributed by atoms with van der Waals surface area (Å²) in [6.07, 6.45) is 6.99. The van der Waals surface area contributed by atoms with E-state index in [1.54, 1.807) is 11.3 Å². The van der Waals surface area contributed by atoms with E-state index in [4.69, 9.17) is 12.2 Å². The summed E-state index contributed by atoms with van der Waals surface area (Å²) in [6.45, 7) is 3.42. The van der Waals surface area contributed by atoms with Crippen LogP contribution in [0.2, 0.25) is 0 Å². The lowest BCUT2D eigenvalue weighted by molar-refractivity contribution is 0.0502. The van der Waals surface area contributed by atoms with Crippen LogP contribution in [0.15, 0.2) is 17.5 Å². The zero-order chi connectivity index (χ0) is 14.9. The first-order valence-corrected chi connectivity index (χ1v) is 9.89. The van der Waals surface area contributed by atoms with Gasteiger partial charge in [-0.3, -0.25) is 4.90 Å². The Kier molecular flexibility index (Phi) is 4.38. The Morgan fingerprint density at radius 1 is 1.23 bits per heavy atom. The molecular weight excluding hydrogens is 310 g/mol. The van der Waals surface area contributed by atoms with Crippen LogP contribution in [0, 0.1) is 11.8 Å². The number of fused-ring (bicyclic) bond motifs is 2. The number of hydrogen-bond acceptors (Lipinski definition) is 3. The molecule has 2 N–H and O–H groups in total. The predicted octanol–water partition coefficient (Wildman–Crippen LogP) is 2.98. The Morgan fingerprint density at radius 2 is 2.00 bits per heavy atom. The van der Waals surface area contributed by atoms with E-state index in [2.05, 4.69) is 33.0 Å². The molecule has 4 rings (SSSR count). The van der Waals surface area contributed by atoms with Crippen LogP contribution < -0.4 is 10.6 Å². The maximum absolute atomic E-state index is 5.55. The Morgan fingerprint density at radius 3 is 2.64 bits per heavy atom. The lowest BCUT2D eigenvalue weighted by Gasteiger charge is -2.48. The molecule has 3 aliphatic rings. The van der Waals surface area contributed by atoms with E-state index in [9.17, 15) is 0 Å². The van der Waals surface area contributed by atoms with Gasteiger partial charge in [-0.1, -0.05) is 12.5 Å². The third-order valence-corrected chi connectivity index (χ3v) is 6.61. The van der Waals surface area contributed by atoms with Gasteiger partial charge in [-0.2, -0.15) is 0 Å². The van der Waals surface area contributed by atoms with Crippen molar-refractivity contribution in [3.05, 3.63) is 22.4 Å². The molecule has 0 aromatic carbocycles. The van der Waals surface area contributed by atoms with Gasteiger partial charge in [0.1, 0.15) is 0 Å². The Bertz CT molecular complexity index is 498. The average molecular weight is 336 g/mol. The molecule has 0 unspecified atom stereocenters. The van der Waals surface area contributed by atoms with Gasteiger partial charge in [-0.05, 0) is 61.2 Å². The third-order valence-electron chi connectivity index (χ3n) is 5.47. The van der Waals surface area contributed by atoms with Crippen molar-refractivity contribution in [2.45, 2.75) is 50.7 Å². The van der Waals surface area contributed by atoms with Crippen molar-refractivity contribution in [1.82, 2.24) is 15.5 Å². The molecule has 3 fully saturated rings. The fourth-order valence-corrected chi connectivity index (χ4v) is 5.08. The number of piperidine rings is 1. The topological polar surface area (TPSA) is 27.3 Å². The molecule has 0 amide bonds. The van der Waals surface area contributed by atoms with Gasteiger partial charge < -0.3 is 10.6 Å². The molecule has 1 aromatic rings. The second-order valence-electron chi connectivity index (χ2n) is 7.07. The Labute approximate surface area is 142 Å². The van der Waals surface area contributed by atoms with Crippen LogP contribution in [0.5, 0.6) is 0 Å². The molecule has 0 spiro atoms. The molecule has 2 bridgehead atoms. The van der Waals surface area contributed by atoms with E-state index in [1.165, 1.54) is 50.1 Å². The molecule has 2 atom stereocenters. The summed E-state index contributed by atoms with van der Waals surface area (Å²) in [5.41, 5.74) is 0. The molecule has 1 saturated heterocycles. The van der Waals surface area contributed by atoms with Gasteiger partial charge in [0.05, 0.1) is 6.54 Å². The lowest BCUT2D eigenvalue weighted by Crippen LogP contribution is -2.59. The lowest BCUT2D eigenvalue weighted by atomic mass is 9.73. The zero-order valence-corrected chi connectivity index (χ0v) is 14.6. The molecule has 0 radical (unpaired) electrons. The fraction of sp³-hybridized carbons (Fsp3) is 0.706. The van der Waals surface area contributed by atoms with E-state index in [1.807, 2.05) is 0 Å². The van der Waals surface area contributed by atoms with E-state index < -0.39 is 0 Å². The number of likely N-dealkylation sites (tertiary alicyclic amines) is 1. The second kappa shape index (κ2) is 6.46. The Hall–Kier alpha value is -0.650. The highest BCUT2D eigenvalue weighted by Crippen LogP contribution is 2.39. The monoisotopic (exact) mass is 335 g/mol. The molecule has 22 heavy (non-hydrogen) atoms. The number of thiocarbonyl (C=S) groups is 1. The van der Waals surface area contributed by atoms with Crippen LogP contribution in [-0.4, -0.2) is 35.2 Å². The maximum Gasteiger partial charge on any atom is 0.166 e. The molecule has 2 saturated carbocycles. The van der Waals surface area contributed by atoms with Gasteiger partial charge in [0, 0.05) is 30.1 Å². The largest absolute Gasteiger partial charge is 0.359 e. The van der Waals surface area contributed by atoms with Gasteiger partial charge in [0.2, 0.25) is 0 Å². The summed E-state index contributed by atoms with van der Waals surface area (Å²) >= 11 is 7.33. The minimum absolute atomic E-state index is 0.590. The maximum atomic E-state index is 5.55. The Balaban J connectivity index is 1.32. The number of nitrogens with one attached hydrogen (secondary N) is 2. The van der Waals surface area contributed by atoms with Gasteiger partial charge >= 0.3 is 0 Å². The first-order chi connectivity index (χ1) is 10.8. The van der Waals surface area contributed by atoms with Crippen LogP contribution in [0.4, 0.5) is 0 Å². The van der Waals surface area contributed by atoms with Crippen molar-refractivity contribution in [2.75, 3.05) is 13.1 Å². The van der Waals surface area contributed by atoms with Crippen molar-refractivity contribution >= 4 is 28.7 Å². The summed E-state index contributed by atoms with van der Waals surface area (Å²) in [7, 11) is 0. The minimum Gasteiger partial charge on any atom is -0.359 e. The summed E-state index contributed by atoms with van der Waals surface area (Å²) in [5.74, 6) is 1.57. The third kappa shape index (κ3) is 3.31. The molecular formula is C17H25N3S2. The first-order valence-electron chi connectivity index (χ1n) is 8.60. The quantitative estimate of drug-likeness (QED) is 0.827. The summed E-state index contributed by atoms with van der Waals surface area (Å²) in [6, 6.07) is 5.75. The molecule has 5 heteroatoms. The highest BCUT2D eigenvalue weighted by Gasteiger charge is 2.43. The average Bonchev–Trinajstić information content (AvgIpc) is 3.21. The number of rotatable bonds is 4. The van der Waals surface area contributed by atoms with Crippen molar-refractivity contribution in [3.63, 3.8) is 0 Å². The number of thiophene rings is 1. The normalized spacial score (nSPS) is 31.7. The van der Waals surface area contributed by atoms with E-state index in [0.717, 1.165) is 29.5 Å². The number of nitrogens with zero attached hydrogens (tertiary/aromatic N) is 1.